The molecule has 0 aliphatic rings. The van der Waals surface area contributed by atoms with Crippen LogP contribution in [0.2, 0.25) is 0 Å². The van der Waals surface area contributed by atoms with Gasteiger partial charge in [-0.3, -0.25) is 10.1 Å². The van der Waals surface area contributed by atoms with E-state index in [-0.39, 0.29) is 29.6 Å². The Morgan fingerprint density at radius 2 is 1.97 bits per heavy atom. The molecule has 0 N–H and O–H groups in total. The third-order valence-corrected chi connectivity index (χ3v) is 4.07. The van der Waals surface area contributed by atoms with Crippen molar-refractivity contribution in [2.75, 3.05) is 14.2 Å². The summed E-state index contributed by atoms with van der Waals surface area (Å²) in [6.45, 7) is 1.29. The van der Waals surface area contributed by atoms with Crippen LogP contribution in [0.1, 0.15) is 21.8 Å². The van der Waals surface area contributed by atoms with E-state index >= 15 is 0 Å². The number of aromatic nitrogens is 2. The first-order valence-electron chi connectivity index (χ1n) is 8.40. The number of esters is 1. The van der Waals surface area contributed by atoms with Crippen LogP contribution in [0.5, 0.6) is 11.5 Å². The van der Waals surface area contributed by atoms with Gasteiger partial charge in [0.1, 0.15) is 11.5 Å². The number of aryl methyl sites for hydroxylation is 1. The van der Waals surface area contributed by atoms with Crippen molar-refractivity contribution in [2.24, 2.45) is 0 Å². The Bertz CT molecular complexity index is 1060. The molecule has 29 heavy (non-hydrogen) atoms. The number of nitrogens with zero attached hydrogens (tertiary/aromatic N) is 3. The van der Waals surface area contributed by atoms with Crippen molar-refractivity contribution in [1.29, 1.82) is 0 Å². The molecule has 3 aromatic rings. The van der Waals surface area contributed by atoms with Crippen molar-refractivity contribution in [3.8, 4) is 22.9 Å². The van der Waals surface area contributed by atoms with E-state index < -0.39 is 10.9 Å². The second-order valence-corrected chi connectivity index (χ2v) is 5.91. The molecule has 0 radical (unpaired) electrons. The zero-order valence-electron chi connectivity index (χ0n) is 15.9. The minimum absolute atomic E-state index is 0.0727. The van der Waals surface area contributed by atoms with Gasteiger partial charge in [-0.15, -0.1) is 0 Å². The third kappa shape index (κ3) is 4.32. The fraction of sp³-hybridized carbons (Fsp3) is 0.211. The highest BCUT2D eigenvalue weighted by Gasteiger charge is 2.18. The molecule has 150 valence electrons. The Labute approximate surface area is 165 Å². The Balaban J connectivity index is 1.70. The van der Waals surface area contributed by atoms with E-state index in [1.165, 1.54) is 25.3 Å². The van der Waals surface area contributed by atoms with Gasteiger partial charge >= 0.3 is 5.97 Å². The van der Waals surface area contributed by atoms with E-state index in [0.29, 0.717) is 22.6 Å². The number of methoxy groups -OCH3 is 2. The summed E-state index contributed by atoms with van der Waals surface area (Å²) in [6.07, 6.45) is 0. The topological polar surface area (TPSA) is 127 Å². The predicted octanol–water partition coefficient (Wildman–Crippen LogP) is 3.33. The molecule has 0 aliphatic heterocycles. The van der Waals surface area contributed by atoms with Crippen LogP contribution < -0.4 is 9.47 Å². The van der Waals surface area contributed by atoms with Gasteiger partial charge in [0.25, 0.3) is 11.6 Å². The van der Waals surface area contributed by atoms with Crippen LogP contribution in [0.15, 0.2) is 40.9 Å². The summed E-state index contributed by atoms with van der Waals surface area (Å²) in [5.41, 5.74) is 1.05. The third-order valence-electron chi connectivity index (χ3n) is 4.07. The summed E-state index contributed by atoms with van der Waals surface area (Å²) in [6, 6.07) is 9.11. The van der Waals surface area contributed by atoms with Gasteiger partial charge in [0.2, 0.25) is 5.82 Å². The highest BCUT2D eigenvalue weighted by molar-refractivity contribution is 5.90. The van der Waals surface area contributed by atoms with E-state index in [9.17, 15) is 14.9 Å². The fourth-order valence-corrected chi connectivity index (χ4v) is 2.60. The van der Waals surface area contributed by atoms with Gasteiger partial charge in [0.05, 0.1) is 30.3 Å². The molecule has 0 spiro atoms. The molecule has 0 unspecified atom stereocenters. The largest absolute Gasteiger partial charge is 0.497 e. The quantitative estimate of drug-likeness (QED) is 0.334. The standard InChI is InChI=1S/C19H17N3O7/c1-11-8-12(4-7-15(11)22(24)25)19(23)28-10-17-20-18(21-29-17)14-6-5-13(26-2)9-16(14)27-3/h4-9H,10H2,1-3H3. The summed E-state index contributed by atoms with van der Waals surface area (Å²) in [5.74, 6) is 0.799. The molecule has 3 rings (SSSR count). The van der Waals surface area contributed by atoms with Gasteiger partial charge in [-0.25, -0.2) is 4.79 Å². The number of carbonyl (C=O) groups is 1. The number of hydrogen-bond donors (Lipinski definition) is 0. The van der Waals surface area contributed by atoms with Crippen LogP contribution >= 0.6 is 0 Å². The molecule has 0 fully saturated rings. The molecule has 1 aromatic heterocycles. The van der Waals surface area contributed by atoms with Gasteiger partial charge in [-0.1, -0.05) is 5.16 Å². The molecule has 0 amide bonds. The summed E-state index contributed by atoms with van der Waals surface area (Å²) < 4.78 is 20.7. The minimum Gasteiger partial charge on any atom is -0.497 e. The molecule has 0 bridgehead atoms. The summed E-state index contributed by atoms with van der Waals surface area (Å²) in [4.78, 5) is 26.7. The zero-order valence-corrected chi connectivity index (χ0v) is 15.9. The first-order chi connectivity index (χ1) is 13.9. The molecule has 10 heteroatoms. The van der Waals surface area contributed by atoms with Gasteiger partial charge in [-0.05, 0) is 31.2 Å². The number of ether oxygens (including phenoxy) is 3. The lowest BCUT2D eigenvalue weighted by atomic mass is 10.1. The highest BCUT2D eigenvalue weighted by atomic mass is 16.6. The molecule has 0 atom stereocenters. The summed E-state index contributed by atoms with van der Waals surface area (Å²) >= 11 is 0. The Morgan fingerprint density at radius 3 is 2.62 bits per heavy atom. The lowest BCUT2D eigenvalue weighted by molar-refractivity contribution is -0.385. The van der Waals surface area contributed by atoms with Crippen molar-refractivity contribution in [3.63, 3.8) is 0 Å². The van der Waals surface area contributed by atoms with Crippen molar-refractivity contribution in [2.45, 2.75) is 13.5 Å². The highest BCUT2D eigenvalue weighted by Crippen LogP contribution is 2.31. The predicted molar refractivity (Wildman–Crippen MR) is 99.8 cm³/mol. The van der Waals surface area contributed by atoms with Gasteiger partial charge in [0.15, 0.2) is 6.61 Å². The number of nitro groups is 1. The Kier molecular flexibility index (Phi) is 5.72. The molecular formula is C19H17N3O7. The zero-order chi connectivity index (χ0) is 21.0. The van der Waals surface area contributed by atoms with E-state index in [1.807, 2.05) is 0 Å². The molecule has 1 heterocycles. The van der Waals surface area contributed by atoms with Crippen LogP contribution in [0.3, 0.4) is 0 Å². The average Bonchev–Trinajstić information content (AvgIpc) is 3.19. The lowest BCUT2D eigenvalue weighted by Crippen LogP contribution is -2.06. The molecule has 0 aliphatic carbocycles. The van der Waals surface area contributed by atoms with E-state index in [2.05, 4.69) is 10.1 Å². The fourth-order valence-electron chi connectivity index (χ4n) is 2.60. The Morgan fingerprint density at radius 1 is 1.17 bits per heavy atom. The smallest absolute Gasteiger partial charge is 0.338 e. The van der Waals surface area contributed by atoms with E-state index in [4.69, 9.17) is 18.7 Å². The van der Waals surface area contributed by atoms with Crippen LogP contribution in [0.25, 0.3) is 11.4 Å². The molecule has 2 aromatic carbocycles. The van der Waals surface area contributed by atoms with Crippen LogP contribution in [0, 0.1) is 17.0 Å². The lowest BCUT2D eigenvalue weighted by Gasteiger charge is -2.07. The van der Waals surface area contributed by atoms with Crippen molar-refractivity contribution in [1.82, 2.24) is 10.1 Å². The maximum absolute atomic E-state index is 12.2. The van der Waals surface area contributed by atoms with E-state index in [1.54, 1.807) is 32.2 Å². The monoisotopic (exact) mass is 399 g/mol. The van der Waals surface area contributed by atoms with Crippen molar-refractivity contribution in [3.05, 3.63) is 63.5 Å². The number of benzene rings is 2. The van der Waals surface area contributed by atoms with Gasteiger partial charge in [0, 0.05) is 17.7 Å². The number of carbonyl (C=O) groups excluding carboxylic acids is 1. The normalized spacial score (nSPS) is 10.4. The minimum atomic E-state index is -0.662. The summed E-state index contributed by atoms with van der Waals surface area (Å²) in [7, 11) is 3.05. The van der Waals surface area contributed by atoms with Crippen molar-refractivity contribution >= 4 is 11.7 Å². The second kappa shape index (κ2) is 8.38. The second-order valence-electron chi connectivity index (χ2n) is 5.91. The van der Waals surface area contributed by atoms with Crippen LogP contribution in [-0.2, 0) is 11.3 Å². The Hall–Kier alpha value is -3.95. The van der Waals surface area contributed by atoms with Crippen LogP contribution in [-0.4, -0.2) is 35.3 Å². The van der Waals surface area contributed by atoms with Gasteiger partial charge in [-0.2, -0.15) is 4.98 Å². The maximum Gasteiger partial charge on any atom is 0.338 e. The average molecular weight is 399 g/mol. The van der Waals surface area contributed by atoms with Gasteiger partial charge < -0.3 is 18.7 Å². The SMILES string of the molecule is COc1ccc(-c2noc(COC(=O)c3ccc([N+](=O)[O-])c(C)c3)n2)c(OC)c1. The number of hydrogen-bond acceptors (Lipinski definition) is 9. The van der Waals surface area contributed by atoms with Crippen molar-refractivity contribution < 1.29 is 28.5 Å². The first-order valence-corrected chi connectivity index (χ1v) is 8.40. The van der Waals surface area contributed by atoms with E-state index in [0.717, 1.165) is 0 Å². The molecule has 10 nitrogen and oxygen atoms in total. The van der Waals surface area contributed by atoms with Crippen LogP contribution in [0.4, 0.5) is 5.69 Å². The molecular weight excluding hydrogens is 382 g/mol. The molecule has 0 saturated heterocycles. The maximum atomic E-state index is 12.2. The molecule has 0 saturated carbocycles. The summed E-state index contributed by atoms with van der Waals surface area (Å²) in [5, 5.41) is 14.7. The number of nitro benzene ring substituents is 1. The first kappa shape index (κ1) is 19.8. The number of rotatable bonds is 7.